The molecular formula is C20H20N2O3S. The molecule has 6 heteroatoms. The molecule has 5 nitrogen and oxygen atoms in total. The number of benzene rings is 3. The Morgan fingerprint density at radius 1 is 0.962 bits per heavy atom. The van der Waals surface area contributed by atoms with Crippen molar-refractivity contribution in [3.05, 3.63) is 72.8 Å². The summed E-state index contributed by atoms with van der Waals surface area (Å²) in [5, 5.41) is 9.51. The molecule has 26 heavy (non-hydrogen) atoms. The summed E-state index contributed by atoms with van der Waals surface area (Å²) in [5.74, 6) is 0.258. The third-order valence-electron chi connectivity index (χ3n) is 3.54. The Labute approximate surface area is 157 Å². The highest BCUT2D eigenvalue weighted by atomic mass is 32.2. The first-order valence-corrected chi connectivity index (χ1v) is 8.53. The molecule has 0 radical (unpaired) electrons. The zero-order valence-electron chi connectivity index (χ0n) is 14.3. The minimum Gasteiger partial charge on any atom is -0.508 e. The molecule has 0 saturated carbocycles. The first-order valence-electron chi connectivity index (χ1n) is 7.79. The van der Waals surface area contributed by atoms with Crippen LogP contribution in [0.4, 0.5) is 5.69 Å². The zero-order chi connectivity index (χ0) is 18.8. The van der Waals surface area contributed by atoms with E-state index in [0.717, 1.165) is 22.4 Å². The number of nitrogens with one attached hydrogen (secondary N) is 1. The number of carbonyl (C=O) groups excluding carboxylic acids is 1. The highest BCUT2D eigenvalue weighted by Gasteiger charge is 2.08. The van der Waals surface area contributed by atoms with E-state index in [4.69, 9.17) is 8.98 Å². The Bertz CT molecular complexity index is 824. The number of hydrogen-bond acceptors (Lipinski definition) is 5. The van der Waals surface area contributed by atoms with Crippen LogP contribution in [0.2, 0.25) is 0 Å². The second-order valence-corrected chi connectivity index (χ2v) is 5.87. The first-order chi connectivity index (χ1) is 12.7. The standard InChI is InChI=1S/C19H17NO2S.CH3NO/c1-22-23-20-19-12-9-16(14-5-3-2-4-6-14)13-18(19)15-7-10-17(21)11-8-15;2-1-3/h2-13,20-21H,1H3;1H,(H2,2,3). The van der Waals surface area contributed by atoms with Gasteiger partial charge in [-0.3, -0.25) is 4.79 Å². The molecule has 3 rings (SSSR count). The van der Waals surface area contributed by atoms with Gasteiger partial charge in [-0.25, -0.2) is 0 Å². The zero-order valence-corrected chi connectivity index (χ0v) is 15.1. The molecule has 1 amide bonds. The summed E-state index contributed by atoms with van der Waals surface area (Å²) in [5.41, 5.74) is 9.51. The van der Waals surface area contributed by atoms with E-state index < -0.39 is 0 Å². The SMILES string of the molecule is COSNc1ccc(-c2ccccc2)cc1-c1ccc(O)cc1.NC=O. The van der Waals surface area contributed by atoms with Crippen molar-refractivity contribution in [2.45, 2.75) is 0 Å². The van der Waals surface area contributed by atoms with Crippen LogP contribution in [0.3, 0.4) is 0 Å². The molecule has 0 aliphatic heterocycles. The number of phenolic OH excluding ortho intramolecular Hbond substituents is 1. The van der Waals surface area contributed by atoms with Gasteiger partial charge in [0.25, 0.3) is 0 Å². The Balaban J connectivity index is 0.000000758. The van der Waals surface area contributed by atoms with Crippen LogP contribution in [0.25, 0.3) is 22.3 Å². The van der Waals surface area contributed by atoms with Crippen molar-refractivity contribution in [3.63, 3.8) is 0 Å². The van der Waals surface area contributed by atoms with E-state index in [9.17, 15) is 5.11 Å². The van der Waals surface area contributed by atoms with Gasteiger partial charge in [-0.15, -0.1) is 0 Å². The molecule has 134 valence electrons. The molecule has 0 aliphatic rings. The van der Waals surface area contributed by atoms with Crippen molar-refractivity contribution < 1.29 is 14.1 Å². The van der Waals surface area contributed by atoms with Crippen LogP contribution >= 0.6 is 12.2 Å². The molecule has 0 bridgehead atoms. The van der Waals surface area contributed by atoms with Crippen molar-refractivity contribution in [1.29, 1.82) is 0 Å². The summed E-state index contributed by atoms with van der Waals surface area (Å²) < 4.78 is 8.22. The van der Waals surface area contributed by atoms with E-state index in [1.54, 1.807) is 19.2 Å². The molecule has 0 unspecified atom stereocenters. The molecule has 3 aromatic carbocycles. The van der Waals surface area contributed by atoms with Crippen molar-refractivity contribution in [3.8, 4) is 28.0 Å². The molecular weight excluding hydrogens is 348 g/mol. The smallest absolute Gasteiger partial charge is 0.204 e. The summed E-state index contributed by atoms with van der Waals surface area (Å²) in [6, 6.07) is 23.7. The maximum Gasteiger partial charge on any atom is 0.204 e. The number of nitrogens with two attached hydrogens (primary N) is 1. The second-order valence-electron chi connectivity index (χ2n) is 5.16. The van der Waals surface area contributed by atoms with Gasteiger partial charge in [0.1, 0.15) is 18.0 Å². The molecule has 4 N–H and O–H groups in total. The highest BCUT2D eigenvalue weighted by Crippen LogP contribution is 2.34. The summed E-state index contributed by atoms with van der Waals surface area (Å²) in [6.07, 6.45) is 0.250. The number of anilines is 1. The quantitative estimate of drug-likeness (QED) is 0.352. The van der Waals surface area contributed by atoms with Gasteiger partial charge in [-0.05, 0) is 41.0 Å². The fourth-order valence-corrected chi connectivity index (χ4v) is 2.76. The van der Waals surface area contributed by atoms with Gasteiger partial charge in [0.2, 0.25) is 6.41 Å². The lowest BCUT2D eigenvalue weighted by molar-refractivity contribution is -0.106. The predicted octanol–water partition coefficient (Wildman–Crippen LogP) is 4.45. The van der Waals surface area contributed by atoms with E-state index >= 15 is 0 Å². The molecule has 0 fully saturated rings. The minimum absolute atomic E-state index is 0.250. The topological polar surface area (TPSA) is 84.6 Å². The van der Waals surface area contributed by atoms with Gasteiger partial charge in [-0.1, -0.05) is 48.5 Å². The maximum absolute atomic E-state index is 9.51. The van der Waals surface area contributed by atoms with Crippen LogP contribution in [0.15, 0.2) is 72.8 Å². The fourth-order valence-electron chi connectivity index (χ4n) is 2.41. The van der Waals surface area contributed by atoms with Crippen LogP contribution in [-0.2, 0) is 8.98 Å². The highest BCUT2D eigenvalue weighted by molar-refractivity contribution is 7.96. The lowest BCUT2D eigenvalue weighted by atomic mass is 9.97. The molecule has 0 spiro atoms. The van der Waals surface area contributed by atoms with Gasteiger partial charge in [0, 0.05) is 5.56 Å². The van der Waals surface area contributed by atoms with Gasteiger partial charge >= 0.3 is 0 Å². The molecule has 3 aromatic rings. The van der Waals surface area contributed by atoms with Crippen molar-refractivity contribution in [1.82, 2.24) is 0 Å². The van der Waals surface area contributed by atoms with Gasteiger partial charge in [-0.2, -0.15) is 0 Å². The van der Waals surface area contributed by atoms with Crippen LogP contribution < -0.4 is 10.5 Å². The van der Waals surface area contributed by atoms with Gasteiger partial charge in [0.05, 0.1) is 12.8 Å². The summed E-state index contributed by atoms with van der Waals surface area (Å²) in [6.45, 7) is 0. The van der Waals surface area contributed by atoms with Crippen molar-refractivity contribution in [2.75, 3.05) is 11.8 Å². The number of carbonyl (C=O) groups is 1. The number of hydrogen-bond donors (Lipinski definition) is 3. The van der Waals surface area contributed by atoms with Crippen LogP contribution in [0, 0.1) is 0 Å². The monoisotopic (exact) mass is 368 g/mol. The van der Waals surface area contributed by atoms with E-state index in [1.807, 2.05) is 36.4 Å². The number of rotatable bonds is 5. The molecule has 0 saturated heterocycles. The Hall–Kier alpha value is -2.96. The third-order valence-corrected chi connectivity index (χ3v) is 4.01. The number of primary amides is 1. The Morgan fingerprint density at radius 2 is 1.58 bits per heavy atom. The molecule has 0 atom stereocenters. The lowest BCUT2D eigenvalue weighted by Gasteiger charge is -2.13. The first kappa shape index (κ1) is 19.4. The number of phenols is 1. The summed E-state index contributed by atoms with van der Waals surface area (Å²) in [4.78, 5) is 8.58. The minimum atomic E-state index is 0.250. The van der Waals surface area contributed by atoms with Gasteiger partial charge in [0.15, 0.2) is 0 Å². The van der Waals surface area contributed by atoms with E-state index in [-0.39, 0.29) is 12.2 Å². The predicted molar refractivity (Wildman–Crippen MR) is 107 cm³/mol. The Kier molecular flexibility index (Phi) is 7.54. The molecule has 0 heterocycles. The van der Waals surface area contributed by atoms with Crippen LogP contribution in [0.1, 0.15) is 0 Å². The lowest BCUT2D eigenvalue weighted by Crippen LogP contribution is -1.92. The molecule has 0 aromatic heterocycles. The van der Waals surface area contributed by atoms with E-state index in [2.05, 4.69) is 34.7 Å². The average molecular weight is 368 g/mol. The van der Waals surface area contributed by atoms with E-state index in [0.29, 0.717) is 0 Å². The van der Waals surface area contributed by atoms with Crippen LogP contribution in [-0.4, -0.2) is 18.6 Å². The van der Waals surface area contributed by atoms with Gasteiger partial charge < -0.3 is 19.7 Å². The van der Waals surface area contributed by atoms with E-state index in [1.165, 1.54) is 17.8 Å². The Morgan fingerprint density at radius 3 is 2.19 bits per heavy atom. The molecule has 0 aliphatic carbocycles. The second kappa shape index (κ2) is 10.1. The maximum atomic E-state index is 9.51. The van der Waals surface area contributed by atoms with Crippen molar-refractivity contribution >= 4 is 24.3 Å². The van der Waals surface area contributed by atoms with Crippen molar-refractivity contribution in [2.24, 2.45) is 5.73 Å². The normalized spacial score (nSPS) is 9.73. The number of aromatic hydroxyl groups is 1. The largest absolute Gasteiger partial charge is 0.508 e. The number of amides is 1. The fraction of sp³-hybridized carbons (Fsp3) is 0.0500. The summed E-state index contributed by atoms with van der Waals surface area (Å²) in [7, 11) is 1.62. The van der Waals surface area contributed by atoms with Crippen LogP contribution in [0.5, 0.6) is 5.75 Å². The average Bonchev–Trinajstić information content (AvgIpc) is 2.68. The summed E-state index contributed by atoms with van der Waals surface area (Å²) >= 11 is 1.18. The third kappa shape index (κ3) is 5.27.